The molecule has 0 aliphatic rings. The molecule has 0 aliphatic carbocycles. The first-order valence-electron chi connectivity index (χ1n) is 5.36. The van der Waals surface area contributed by atoms with E-state index in [1.165, 1.54) is 6.20 Å². The van der Waals surface area contributed by atoms with Crippen LogP contribution in [0.1, 0.15) is 18.7 Å². The van der Waals surface area contributed by atoms with E-state index in [2.05, 4.69) is 9.97 Å². The number of aliphatic hydroxyl groups is 1. The number of amides is 1. The maximum atomic E-state index is 12.0. The molecule has 8 heteroatoms. The van der Waals surface area contributed by atoms with Gasteiger partial charge in [0.2, 0.25) is 5.91 Å². The number of carbonyl (C=O) groups excluding carboxylic acids is 1. The van der Waals surface area contributed by atoms with Gasteiger partial charge in [0.1, 0.15) is 5.82 Å². The predicted octanol–water partition coefficient (Wildman–Crippen LogP) is 1.07. The smallest absolute Gasteiger partial charge is 0.389 e. The van der Waals surface area contributed by atoms with Crippen LogP contribution in [0.2, 0.25) is 0 Å². The lowest BCUT2D eigenvalue weighted by Gasteiger charge is -2.21. The Hall–Kier alpha value is -1.57. The number of alkyl halides is 3. The van der Waals surface area contributed by atoms with Crippen LogP contribution in [0.4, 0.5) is 13.2 Å². The Morgan fingerprint density at radius 1 is 1.50 bits per heavy atom. The fraction of sp³-hybridized carbons (Fsp3) is 0.600. The second-order valence-electron chi connectivity index (χ2n) is 3.69. The van der Waals surface area contributed by atoms with Crippen molar-refractivity contribution in [3.63, 3.8) is 0 Å². The largest absolute Gasteiger partial charge is 0.395 e. The van der Waals surface area contributed by atoms with E-state index >= 15 is 0 Å². The highest BCUT2D eigenvalue weighted by Gasteiger charge is 2.29. The first kappa shape index (κ1) is 14.5. The molecular formula is C10H14F3N3O2. The summed E-state index contributed by atoms with van der Waals surface area (Å²) >= 11 is 0. The van der Waals surface area contributed by atoms with Gasteiger partial charge in [0, 0.05) is 25.4 Å². The van der Waals surface area contributed by atoms with Crippen LogP contribution >= 0.6 is 0 Å². The summed E-state index contributed by atoms with van der Waals surface area (Å²) in [5.41, 5.74) is 0. The Morgan fingerprint density at radius 2 is 2.22 bits per heavy atom. The van der Waals surface area contributed by atoms with Gasteiger partial charge >= 0.3 is 6.18 Å². The lowest BCUT2D eigenvalue weighted by Crippen LogP contribution is -2.34. The molecule has 0 atom stereocenters. The summed E-state index contributed by atoms with van der Waals surface area (Å²) in [6.07, 6.45) is -3.11. The minimum Gasteiger partial charge on any atom is -0.395 e. The normalized spacial score (nSPS) is 11.6. The standard InChI is InChI=1S/C10H14F3N3O2/c11-10(12,13)2-1-9(18)16(5-6-17)7-8-14-3-4-15-8/h3-4,17H,1-2,5-7H2,(H,14,15). The van der Waals surface area contributed by atoms with Crippen LogP contribution in [0, 0.1) is 0 Å². The van der Waals surface area contributed by atoms with Crippen LogP contribution < -0.4 is 0 Å². The first-order valence-corrected chi connectivity index (χ1v) is 5.36. The summed E-state index contributed by atoms with van der Waals surface area (Å²) in [6.45, 7) is -0.264. The number of H-pyrrole nitrogens is 1. The van der Waals surface area contributed by atoms with Gasteiger partial charge in [-0.1, -0.05) is 0 Å². The molecule has 0 aromatic carbocycles. The summed E-state index contributed by atoms with van der Waals surface area (Å²) in [5, 5.41) is 8.80. The molecule has 1 amide bonds. The number of hydrogen-bond donors (Lipinski definition) is 2. The number of hydrogen-bond acceptors (Lipinski definition) is 3. The third-order valence-electron chi connectivity index (χ3n) is 2.24. The zero-order valence-corrected chi connectivity index (χ0v) is 9.57. The Labute approximate surface area is 102 Å². The second kappa shape index (κ2) is 6.39. The van der Waals surface area contributed by atoms with Gasteiger partial charge in [0.15, 0.2) is 0 Å². The molecule has 1 aromatic rings. The Morgan fingerprint density at radius 3 is 2.72 bits per heavy atom. The third-order valence-corrected chi connectivity index (χ3v) is 2.24. The highest BCUT2D eigenvalue weighted by atomic mass is 19.4. The minimum atomic E-state index is -4.36. The predicted molar refractivity (Wildman–Crippen MR) is 56.4 cm³/mol. The summed E-state index contributed by atoms with van der Waals surface area (Å²) in [7, 11) is 0. The molecule has 0 spiro atoms. The van der Waals surface area contributed by atoms with Crippen molar-refractivity contribution in [3.8, 4) is 0 Å². The number of aromatic amines is 1. The number of aliphatic hydroxyl groups excluding tert-OH is 1. The average Bonchev–Trinajstić information content (AvgIpc) is 2.77. The molecule has 18 heavy (non-hydrogen) atoms. The average molecular weight is 265 g/mol. The minimum absolute atomic E-state index is 0.0165. The van der Waals surface area contributed by atoms with Gasteiger partial charge in [0.05, 0.1) is 19.6 Å². The van der Waals surface area contributed by atoms with Crippen molar-refractivity contribution in [2.45, 2.75) is 25.6 Å². The summed E-state index contributed by atoms with van der Waals surface area (Å²) in [4.78, 5) is 19.3. The van der Waals surface area contributed by atoms with Crippen LogP contribution in [0.15, 0.2) is 12.4 Å². The molecule has 0 aliphatic heterocycles. The van der Waals surface area contributed by atoms with Gasteiger partial charge in [-0.05, 0) is 0 Å². The second-order valence-corrected chi connectivity index (χ2v) is 3.69. The van der Waals surface area contributed by atoms with E-state index in [-0.39, 0.29) is 19.7 Å². The molecule has 2 N–H and O–H groups in total. The van der Waals surface area contributed by atoms with Gasteiger partial charge in [-0.25, -0.2) is 4.98 Å². The number of imidazole rings is 1. The first-order chi connectivity index (χ1) is 8.42. The monoisotopic (exact) mass is 265 g/mol. The number of aromatic nitrogens is 2. The molecule has 5 nitrogen and oxygen atoms in total. The highest BCUT2D eigenvalue weighted by molar-refractivity contribution is 5.76. The summed E-state index contributed by atoms with van der Waals surface area (Å²) in [5.74, 6) is -0.193. The molecule has 0 bridgehead atoms. The fourth-order valence-electron chi connectivity index (χ4n) is 1.38. The van der Waals surface area contributed by atoms with Gasteiger partial charge in [0.25, 0.3) is 0 Å². The Balaban J connectivity index is 2.52. The van der Waals surface area contributed by atoms with Crippen molar-refractivity contribution in [2.24, 2.45) is 0 Å². The SMILES string of the molecule is O=C(CCC(F)(F)F)N(CCO)Cc1ncc[nH]1. The van der Waals surface area contributed by atoms with Crippen LogP contribution in [0.3, 0.4) is 0 Å². The highest BCUT2D eigenvalue weighted by Crippen LogP contribution is 2.22. The maximum Gasteiger partial charge on any atom is 0.389 e. The van der Waals surface area contributed by atoms with Crippen molar-refractivity contribution in [2.75, 3.05) is 13.2 Å². The molecule has 0 unspecified atom stereocenters. The van der Waals surface area contributed by atoms with Crippen LogP contribution in [0.25, 0.3) is 0 Å². The topological polar surface area (TPSA) is 69.2 Å². The number of nitrogens with zero attached hydrogens (tertiary/aromatic N) is 2. The van der Waals surface area contributed by atoms with Gasteiger partial charge in [-0.3, -0.25) is 4.79 Å². The molecule has 0 radical (unpaired) electrons. The lowest BCUT2D eigenvalue weighted by atomic mass is 10.2. The summed E-state index contributed by atoms with van der Waals surface area (Å²) < 4.78 is 36.0. The number of halogens is 3. The van der Waals surface area contributed by atoms with Crippen molar-refractivity contribution >= 4 is 5.91 Å². The molecular weight excluding hydrogens is 251 g/mol. The fourth-order valence-corrected chi connectivity index (χ4v) is 1.38. The molecule has 1 heterocycles. The van der Waals surface area contributed by atoms with Gasteiger partial charge in [-0.15, -0.1) is 0 Å². The molecule has 1 aromatic heterocycles. The number of nitrogens with one attached hydrogen (secondary N) is 1. The molecule has 0 saturated heterocycles. The maximum absolute atomic E-state index is 12.0. The zero-order valence-electron chi connectivity index (χ0n) is 9.57. The van der Waals surface area contributed by atoms with Gasteiger partial charge in [-0.2, -0.15) is 13.2 Å². The van der Waals surface area contributed by atoms with Crippen LogP contribution in [-0.4, -0.2) is 45.2 Å². The van der Waals surface area contributed by atoms with Crippen molar-refractivity contribution < 1.29 is 23.1 Å². The quantitative estimate of drug-likeness (QED) is 0.808. The van der Waals surface area contributed by atoms with E-state index in [9.17, 15) is 18.0 Å². The summed E-state index contributed by atoms with van der Waals surface area (Å²) in [6, 6.07) is 0. The van der Waals surface area contributed by atoms with Gasteiger partial charge < -0.3 is 15.0 Å². The van der Waals surface area contributed by atoms with E-state index in [1.54, 1.807) is 6.20 Å². The number of rotatable bonds is 6. The van der Waals surface area contributed by atoms with Crippen LogP contribution in [0.5, 0.6) is 0 Å². The van der Waals surface area contributed by atoms with E-state index in [4.69, 9.17) is 5.11 Å². The molecule has 102 valence electrons. The van der Waals surface area contributed by atoms with E-state index in [0.29, 0.717) is 5.82 Å². The van der Waals surface area contributed by atoms with Crippen molar-refractivity contribution in [3.05, 3.63) is 18.2 Å². The molecule has 0 saturated carbocycles. The lowest BCUT2D eigenvalue weighted by molar-refractivity contribution is -0.149. The van der Waals surface area contributed by atoms with E-state index in [1.807, 2.05) is 0 Å². The van der Waals surface area contributed by atoms with E-state index < -0.39 is 24.9 Å². The van der Waals surface area contributed by atoms with Crippen molar-refractivity contribution in [1.29, 1.82) is 0 Å². The Kier molecular flexibility index (Phi) is 5.14. The van der Waals surface area contributed by atoms with Crippen LogP contribution in [-0.2, 0) is 11.3 Å². The molecule has 1 rings (SSSR count). The third kappa shape index (κ3) is 5.17. The number of carbonyl (C=O) groups is 1. The van der Waals surface area contributed by atoms with E-state index in [0.717, 1.165) is 4.90 Å². The molecule has 0 fully saturated rings. The zero-order chi connectivity index (χ0) is 13.6. The van der Waals surface area contributed by atoms with Crippen molar-refractivity contribution in [1.82, 2.24) is 14.9 Å². The Bertz CT molecular complexity index is 365.